The first-order chi connectivity index (χ1) is 9.10. The molecule has 0 bridgehead atoms. The van der Waals surface area contributed by atoms with Gasteiger partial charge in [0.05, 0.1) is 12.8 Å². The highest BCUT2D eigenvalue weighted by Gasteiger charge is 2.08. The van der Waals surface area contributed by atoms with E-state index in [1.807, 2.05) is 12.1 Å². The Morgan fingerprint density at radius 1 is 1.37 bits per heavy atom. The van der Waals surface area contributed by atoms with Gasteiger partial charge < -0.3 is 10.1 Å². The number of aryl methyl sites for hydroxylation is 2. The van der Waals surface area contributed by atoms with E-state index in [2.05, 4.69) is 43.2 Å². The molecule has 0 fully saturated rings. The van der Waals surface area contributed by atoms with Gasteiger partial charge in [-0.25, -0.2) is 4.98 Å². The highest BCUT2D eigenvalue weighted by atomic mass is 32.1. The van der Waals surface area contributed by atoms with Gasteiger partial charge >= 0.3 is 0 Å². The standard InChI is InChI=1S/C15H20N2OS/c1-10-12(3)19-15(17-10)9-16-11(2)13-6-5-7-14(8-13)18-4/h5-8,11,16H,9H2,1-4H3/t11-/m1/s1. The Kier molecular flexibility index (Phi) is 4.56. The second kappa shape index (κ2) is 6.17. The third-order valence-corrected chi connectivity index (χ3v) is 4.30. The predicted molar refractivity (Wildman–Crippen MR) is 79.8 cm³/mol. The molecule has 4 heteroatoms. The van der Waals surface area contributed by atoms with Crippen molar-refractivity contribution >= 4 is 11.3 Å². The van der Waals surface area contributed by atoms with Gasteiger partial charge in [0.1, 0.15) is 10.8 Å². The molecule has 1 aromatic carbocycles. The second-order valence-corrected chi connectivity index (χ2v) is 5.92. The highest BCUT2D eigenvalue weighted by Crippen LogP contribution is 2.20. The Morgan fingerprint density at radius 2 is 2.16 bits per heavy atom. The molecule has 0 saturated carbocycles. The first-order valence-electron chi connectivity index (χ1n) is 6.40. The first kappa shape index (κ1) is 14.0. The maximum absolute atomic E-state index is 5.25. The lowest BCUT2D eigenvalue weighted by molar-refractivity contribution is 0.413. The Bertz CT molecular complexity index is 531. The van der Waals surface area contributed by atoms with Gasteiger partial charge in [0.2, 0.25) is 0 Å². The molecule has 19 heavy (non-hydrogen) atoms. The monoisotopic (exact) mass is 276 g/mol. The van der Waals surface area contributed by atoms with E-state index in [4.69, 9.17) is 4.74 Å². The zero-order valence-electron chi connectivity index (χ0n) is 11.9. The van der Waals surface area contributed by atoms with Crippen molar-refractivity contribution in [3.05, 3.63) is 45.4 Å². The lowest BCUT2D eigenvalue weighted by Gasteiger charge is -2.14. The van der Waals surface area contributed by atoms with Crippen LogP contribution in [0.1, 0.15) is 34.1 Å². The SMILES string of the molecule is COc1cccc([C@@H](C)NCc2nc(C)c(C)s2)c1. The van der Waals surface area contributed by atoms with Crippen molar-refractivity contribution in [1.29, 1.82) is 0 Å². The fraction of sp³-hybridized carbons (Fsp3) is 0.400. The summed E-state index contributed by atoms with van der Waals surface area (Å²) >= 11 is 1.76. The average Bonchev–Trinajstić information content (AvgIpc) is 2.75. The van der Waals surface area contributed by atoms with E-state index in [-0.39, 0.29) is 6.04 Å². The van der Waals surface area contributed by atoms with Crippen LogP contribution in [0.4, 0.5) is 0 Å². The summed E-state index contributed by atoms with van der Waals surface area (Å²) in [4.78, 5) is 5.84. The van der Waals surface area contributed by atoms with Crippen LogP contribution in [-0.4, -0.2) is 12.1 Å². The van der Waals surface area contributed by atoms with Crippen LogP contribution >= 0.6 is 11.3 Å². The molecule has 2 rings (SSSR count). The predicted octanol–water partition coefficient (Wildman–Crippen LogP) is 3.62. The van der Waals surface area contributed by atoms with Gasteiger partial charge in [0.25, 0.3) is 0 Å². The van der Waals surface area contributed by atoms with Crippen LogP contribution in [-0.2, 0) is 6.54 Å². The van der Waals surface area contributed by atoms with Gasteiger partial charge in [-0.3, -0.25) is 0 Å². The van der Waals surface area contributed by atoms with Crippen LogP contribution < -0.4 is 10.1 Å². The third kappa shape index (κ3) is 3.55. The van der Waals surface area contributed by atoms with Gasteiger partial charge in [-0.2, -0.15) is 0 Å². The number of hydrogen-bond donors (Lipinski definition) is 1. The lowest BCUT2D eigenvalue weighted by atomic mass is 10.1. The second-order valence-electron chi connectivity index (χ2n) is 4.63. The quantitative estimate of drug-likeness (QED) is 0.905. The minimum absolute atomic E-state index is 0.277. The van der Waals surface area contributed by atoms with E-state index in [9.17, 15) is 0 Å². The molecule has 2 aromatic rings. The van der Waals surface area contributed by atoms with Crippen LogP contribution in [0.15, 0.2) is 24.3 Å². The van der Waals surface area contributed by atoms with Crippen molar-refractivity contribution in [2.75, 3.05) is 7.11 Å². The van der Waals surface area contributed by atoms with Crippen LogP contribution in [0.3, 0.4) is 0 Å². The summed E-state index contributed by atoms with van der Waals surface area (Å²) in [6.45, 7) is 7.13. The average molecular weight is 276 g/mol. The van der Waals surface area contributed by atoms with E-state index >= 15 is 0 Å². The first-order valence-corrected chi connectivity index (χ1v) is 7.22. The Labute approximate surface area is 118 Å². The van der Waals surface area contributed by atoms with Crippen LogP contribution in [0.2, 0.25) is 0 Å². The zero-order chi connectivity index (χ0) is 13.8. The molecule has 0 unspecified atom stereocenters. The number of nitrogens with zero attached hydrogens (tertiary/aromatic N) is 1. The topological polar surface area (TPSA) is 34.1 Å². The zero-order valence-corrected chi connectivity index (χ0v) is 12.7. The number of rotatable bonds is 5. The number of benzene rings is 1. The molecule has 0 radical (unpaired) electrons. The summed E-state index contributed by atoms with van der Waals surface area (Å²) in [5.74, 6) is 0.895. The van der Waals surface area contributed by atoms with Gasteiger partial charge in [-0.15, -0.1) is 11.3 Å². The van der Waals surface area contributed by atoms with E-state index in [0.717, 1.165) is 23.0 Å². The number of ether oxygens (including phenoxy) is 1. The smallest absolute Gasteiger partial charge is 0.119 e. The maximum atomic E-state index is 5.25. The summed E-state index contributed by atoms with van der Waals surface area (Å²) < 4.78 is 5.25. The summed E-state index contributed by atoms with van der Waals surface area (Å²) in [5.41, 5.74) is 2.36. The summed E-state index contributed by atoms with van der Waals surface area (Å²) in [7, 11) is 1.69. The molecule has 0 spiro atoms. The van der Waals surface area contributed by atoms with Gasteiger partial charge in [0, 0.05) is 17.5 Å². The maximum Gasteiger partial charge on any atom is 0.119 e. The van der Waals surface area contributed by atoms with Gasteiger partial charge in [-0.05, 0) is 38.5 Å². The largest absolute Gasteiger partial charge is 0.497 e. The summed E-state index contributed by atoms with van der Waals surface area (Å²) in [5, 5.41) is 4.64. The summed E-state index contributed by atoms with van der Waals surface area (Å²) in [6.07, 6.45) is 0. The Balaban J connectivity index is 1.98. The fourth-order valence-corrected chi connectivity index (χ4v) is 2.77. The van der Waals surface area contributed by atoms with Crippen LogP contribution in [0.5, 0.6) is 5.75 Å². The molecule has 1 aromatic heterocycles. The molecule has 0 aliphatic rings. The molecule has 0 saturated heterocycles. The Morgan fingerprint density at radius 3 is 2.79 bits per heavy atom. The molecular weight excluding hydrogens is 256 g/mol. The lowest BCUT2D eigenvalue weighted by Crippen LogP contribution is -2.18. The molecule has 0 aliphatic heterocycles. The molecule has 1 heterocycles. The van der Waals surface area contributed by atoms with Gasteiger partial charge in [0.15, 0.2) is 0 Å². The van der Waals surface area contributed by atoms with E-state index < -0.39 is 0 Å². The minimum atomic E-state index is 0.277. The fourth-order valence-electron chi connectivity index (χ4n) is 1.88. The van der Waals surface area contributed by atoms with Crippen molar-refractivity contribution in [2.45, 2.75) is 33.4 Å². The van der Waals surface area contributed by atoms with E-state index in [1.165, 1.54) is 10.4 Å². The number of methoxy groups -OCH3 is 1. The summed E-state index contributed by atoms with van der Waals surface area (Å²) in [6, 6.07) is 8.43. The molecule has 102 valence electrons. The molecule has 1 atom stereocenters. The number of nitrogens with one attached hydrogen (secondary N) is 1. The van der Waals surface area contributed by atoms with Crippen molar-refractivity contribution in [2.24, 2.45) is 0 Å². The minimum Gasteiger partial charge on any atom is -0.497 e. The normalized spacial score (nSPS) is 12.4. The van der Waals surface area contributed by atoms with E-state index in [1.54, 1.807) is 18.4 Å². The van der Waals surface area contributed by atoms with Crippen molar-refractivity contribution in [1.82, 2.24) is 10.3 Å². The molecule has 0 amide bonds. The van der Waals surface area contributed by atoms with Crippen molar-refractivity contribution in [3.63, 3.8) is 0 Å². The van der Waals surface area contributed by atoms with Crippen LogP contribution in [0.25, 0.3) is 0 Å². The number of hydrogen-bond acceptors (Lipinski definition) is 4. The molecule has 1 N–H and O–H groups in total. The highest BCUT2D eigenvalue weighted by molar-refractivity contribution is 7.11. The van der Waals surface area contributed by atoms with Crippen molar-refractivity contribution in [3.8, 4) is 5.75 Å². The van der Waals surface area contributed by atoms with Crippen LogP contribution in [0, 0.1) is 13.8 Å². The molecule has 3 nitrogen and oxygen atoms in total. The number of aromatic nitrogens is 1. The van der Waals surface area contributed by atoms with Gasteiger partial charge in [-0.1, -0.05) is 12.1 Å². The molecule has 0 aliphatic carbocycles. The van der Waals surface area contributed by atoms with E-state index in [0.29, 0.717) is 0 Å². The number of thiazole rings is 1. The van der Waals surface area contributed by atoms with Crippen molar-refractivity contribution < 1.29 is 4.74 Å². The Hall–Kier alpha value is -1.39. The third-order valence-electron chi connectivity index (χ3n) is 3.23. The molecular formula is C15H20N2OS.